The number of phenols is 1. The molecule has 5 aliphatic rings. The number of aliphatic hydroxyl groups is 2. The highest BCUT2D eigenvalue weighted by Crippen LogP contribution is 2.44. The van der Waals surface area contributed by atoms with Crippen molar-refractivity contribution in [2.24, 2.45) is 0 Å². The number of ether oxygens (including phenoxy) is 7. The highest BCUT2D eigenvalue weighted by atomic mass is 16.8. The third-order valence-corrected chi connectivity index (χ3v) is 9.25. The first-order valence-corrected chi connectivity index (χ1v) is 15.4. The van der Waals surface area contributed by atoms with E-state index in [4.69, 9.17) is 33.2 Å². The number of nitrogens with one attached hydrogen (secondary N) is 1. The number of allylic oxidation sites excluding steroid dienone is 1. The highest BCUT2D eigenvalue weighted by molar-refractivity contribution is 6.08. The zero-order valence-electron chi connectivity index (χ0n) is 26.4. The summed E-state index contributed by atoms with van der Waals surface area (Å²) < 4.78 is 39.9. The van der Waals surface area contributed by atoms with Crippen LogP contribution in [0, 0.1) is 30.6 Å². The van der Waals surface area contributed by atoms with Gasteiger partial charge in [0.1, 0.15) is 41.6 Å². The standard InChI is InChI=1S/C35H33NO12/c1-16-12-18(42-4)13-22-19(16)8-9-23(37)28(22)32(40)45-24-14-25(46-33-29(36-3)31(39)30(38)17(2)44-33)20-6-5-7-26-35(48-26,11-10-21(20)24)27-15-43-34(41)47-27/h6,8-9,12-13,17,25-27,29-31,33,36-39H,14-15H2,1-4H3/b20-6+/t17?,25-,26+,27+,29?,30-,31?,33-,35-/m0/s1. The van der Waals surface area contributed by atoms with Crippen LogP contribution in [0.1, 0.15) is 29.3 Å². The Morgan fingerprint density at radius 3 is 2.71 bits per heavy atom. The molecule has 48 heavy (non-hydrogen) atoms. The molecule has 0 spiro atoms. The van der Waals surface area contributed by atoms with Crippen molar-refractivity contribution in [3.05, 3.63) is 58.4 Å². The van der Waals surface area contributed by atoms with E-state index in [0.717, 1.165) is 10.9 Å². The van der Waals surface area contributed by atoms with E-state index < -0.39 is 66.7 Å². The van der Waals surface area contributed by atoms with E-state index >= 15 is 0 Å². The maximum absolute atomic E-state index is 14.0. The number of fused-ring (bicyclic) bond motifs is 3. The molecule has 2 aromatic carbocycles. The first-order chi connectivity index (χ1) is 23.0. The van der Waals surface area contributed by atoms with Crippen molar-refractivity contribution in [2.75, 3.05) is 20.8 Å². The molecule has 0 radical (unpaired) electrons. The van der Waals surface area contributed by atoms with Crippen LogP contribution in [0.3, 0.4) is 0 Å². The van der Waals surface area contributed by atoms with Crippen LogP contribution >= 0.6 is 0 Å². The van der Waals surface area contributed by atoms with Gasteiger partial charge in [-0.3, -0.25) is 0 Å². The van der Waals surface area contributed by atoms with Gasteiger partial charge < -0.3 is 53.8 Å². The van der Waals surface area contributed by atoms with E-state index in [9.17, 15) is 24.9 Å². The molecule has 250 valence electrons. The van der Waals surface area contributed by atoms with Gasteiger partial charge in [0, 0.05) is 17.4 Å². The van der Waals surface area contributed by atoms with Crippen molar-refractivity contribution in [1.82, 2.24) is 5.32 Å². The number of likely N-dealkylation sites (N-methyl/N-ethyl adjacent to an activating group) is 1. The average molecular weight is 660 g/mol. The van der Waals surface area contributed by atoms with Crippen LogP contribution in [0.25, 0.3) is 10.8 Å². The molecule has 13 nitrogen and oxygen atoms in total. The Hall–Kier alpha value is -4.60. The third kappa shape index (κ3) is 5.35. The lowest BCUT2D eigenvalue weighted by molar-refractivity contribution is -0.268. The van der Waals surface area contributed by atoms with Crippen LogP contribution < -0.4 is 10.1 Å². The van der Waals surface area contributed by atoms with Crippen molar-refractivity contribution in [2.45, 2.75) is 74.8 Å². The number of carbonyl (C=O) groups is 2. The largest absolute Gasteiger partial charge is 0.508 e. The van der Waals surface area contributed by atoms with Crippen LogP contribution in [-0.2, 0) is 28.4 Å². The van der Waals surface area contributed by atoms with Gasteiger partial charge >= 0.3 is 12.1 Å². The van der Waals surface area contributed by atoms with Crippen molar-refractivity contribution < 1.29 is 58.1 Å². The minimum Gasteiger partial charge on any atom is -0.507 e. The number of hydrogen-bond acceptors (Lipinski definition) is 13. The van der Waals surface area contributed by atoms with Gasteiger partial charge in [-0.25, -0.2) is 9.59 Å². The number of benzene rings is 2. The Labute approximate surface area is 275 Å². The molecule has 3 fully saturated rings. The van der Waals surface area contributed by atoms with Crippen LogP contribution in [-0.4, -0.2) is 103 Å². The Morgan fingerprint density at radius 1 is 1.17 bits per heavy atom. The number of methoxy groups -OCH3 is 1. The predicted octanol–water partition coefficient (Wildman–Crippen LogP) is 1.74. The molecule has 4 N–H and O–H groups in total. The fraction of sp³-hybridized carbons (Fsp3) is 0.429. The fourth-order valence-electron chi connectivity index (χ4n) is 6.52. The van der Waals surface area contributed by atoms with Gasteiger partial charge in [0.05, 0.1) is 30.9 Å². The zero-order chi connectivity index (χ0) is 33.9. The van der Waals surface area contributed by atoms with Gasteiger partial charge in [0.25, 0.3) is 0 Å². The molecule has 3 aliphatic heterocycles. The normalized spacial score (nSPS) is 34.4. The summed E-state index contributed by atoms with van der Waals surface area (Å²) in [6.07, 6.45) is -5.68. The molecule has 7 rings (SSSR count). The van der Waals surface area contributed by atoms with Gasteiger partial charge in [-0.1, -0.05) is 29.7 Å². The monoisotopic (exact) mass is 659 g/mol. The number of carbonyl (C=O) groups excluding carboxylic acids is 2. The average Bonchev–Trinajstić information content (AvgIpc) is 3.38. The first-order valence-electron chi connectivity index (χ1n) is 15.4. The Kier molecular flexibility index (Phi) is 8.08. The minimum atomic E-state index is -1.26. The molecule has 0 amide bonds. The second-order valence-electron chi connectivity index (χ2n) is 12.1. The highest BCUT2D eigenvalue weighted by Gasteiger charge is 2.65. The lowest BCUT2D eigenvalue weighted by atomic mass is 9.97. The molecule has 2 aliphatic carbocycles. The van der Waals surface area contributed by atoms with Gasteiger partial charge in [0.15, 0.2) is 18.5 Å². The number of phenolic OH excluding ortho intramolecular Hbond substituents is 1. The lowest BCUT2D eigenvalue weighted by Crippen LogP contribution is -2.62. The molecular weight excluding hydrogens is 626 g/mol. The molecule has 13 heteroatoms. The summed E-state index contributed by atoms with van der Waals surface area (Å²) in [7, 11) is 3.12. The molecule has 0 aromatic heterocycles. The van der Waals surface area contributed by atoms with Crippen LogP contribution in [0.4, 0.5) is 4.79 Å². The second-order valence-corrected chi connectivity index (χ2v) is 12.1. The predicted molar refractivity (Wildman–Crippen MR) is 165 cm³/mol. The summed E-state index contributed by atoms with van der Waals surface area (Å²) in [5, 5.41) is 36.1. The second kappa shape index (κ2) is 12.1. The molecule has 0 bridgehead atoms. The smallest absolute Gasteiger partial charge is 0.507 e. The van der Waals surface area contributed by atoms with Gasteiger partial charge in [0.2, 0.25) is 5.60 Å². The summed E-state index contributed by atoms with van der Waals surface area (Å²) in [5.74, 6) is 11.6. The SMILES string of the molecule is CNC1C(O)[C@@H](O)C(C)O[C@H]1O[C@H]1CC(OC(=O)c2c(O)ccc3c(C)cc(OC)cc23)=C2C#C[C@]3([C@H]4COC(=O)O4)O[C@@H]3C#C/C=C\21. The number of cyclic esters (lactones) is 2. The van der Waals surface area contributed by atoms with Crippen LogP contribution in [0.2, 0.25) is 0 Å². The van der Waals surface area contributed by atoms with Gasteiger partial charge in [-0.05, 0) is 56.1 Å². The van der Waals surface area contributed by atoms with E-state index in [1.807, 2.05) is 13.0 Å². The summed E-state index contributed by atoms with van der Waals surface area (Å²) in [6.45, 7) is 3.42. The topological polar surface area (TPSA) is 175 Å². The number of epoxide rings is 1. The Morgan fingerprint density at radius 2 is 1.98 bits per heavy atom. The van der Waals surface area contributed by atoms with E-state index in [-0.39, 0.29) is 35.7 Å². The van der Waals surface area contributed by atoms with E-state index in [0.29, 0.717) is 16.7 Å². The van der Waals surface area contributed by atoms with E-state index in [1.165, 1.54) is 13.2 Å². The summed E-state index contributed by atoms with van der Waals surface area (Å²) in [6, 6.07) is 5.81. The van der Waals surface area contributed by atoms with Crippen molar-refractivity contribution in [1.29, 1.82) is 0 Å². The summed E-state index contributed by atoms with van der Waals surface area (Å²) >= 11 is 0. The van der Waals surface area contributed by atoms with Crippen LogP contribution in [0.5, 0.6) is 11.5 Å². The maximum Gasteiger partial charge on any atom is 0.508 e. The molecule has 3 saturated heterocycles. The third-order valence-electron chi connectivity index (χ3n) is 9.25. The quantitative estimate of drug-likeness (QED) is 0.192. The number of aryl methyl sites for hydroxylation is 1. The Bertz CT molecular complexity index is 1900. The summed E-state index contributed by atoms with van der Waals surface area (Å²) in [5.41, 5.74) is 0.254. The van der Waals surface area contributed by atoms with Crippen LogP contribution in [0.15, 0.2) is 47.2 Å². The van der Waals surface area contributed by atoms with E-state index in [2.05, 4.69) is 29.0 Å². The number of esters is 1. The van der Waals surface area contributed by atoms with Gasteiger partial charge in [-0.2, -0.15) is 0 Å². The maximum atomic E-state index is 14.0. The van der Waals surface area contributed by atoms with Crippen molar-refractivity contribution in [3.8, 4) is 35.2 Å². The number of aromatic hydroxyl groups is 1. The number of aliphatic hydroxyl groups excluding tert-OH is 2. The van der Waals surface area contributed by atoms with Crippen molar-refractivity contribution in [3.63, 3.8) is 0 Å². The summed E-state index contributed by atoms with van der Waals surface area (Å²) in [4.78, 5) is 25.7. The fourth-order valence-corrected chi connectivity index (χ4v) is 6.52. The lowest BCUT2D eigenvalue weighted by Gasteiger charge is -2.42. The molecule has 9 atom stereocenters. The zero-order valence-corrected chi connectivity index (χ0v) is 26.4. The van der Waals surface area contributed by atoms with Gasteiger partial charge in [-0.15, -0.1) is 0 Å². The number of hydrogen-bond donors (Lipinski definition) is 4. The number of rotatable bonds is 7. The molecule has 3 heterocycles. The first kappa shape index (κ1) is 32.0. The minimum absolute atomic E-state index is 0.000715. The molecular formula is C35H33NO12. The molecule has 2 aromatic rings. The Balaban J connectivity index is 1.28. The molecule has 0 saturated carbocycles. The van der Waals surface area contributed by atoms with E-state index in [1.54, 1.807) is 32.2 Å². The molecule has 3 unspecified atom stereocenters. The van der Waals surface area contributed by atoms with Crippen molar-refractivity contribution >= 4 is 22.9 Å².